The van der Waals surface area contributed by atoms with E-state index in [4.69, 9.17) is 5.73 Å². The van der Waals surface area contributed by atoms with Crippen LogP contribution in [0.5, 0.6) is 0 Å². The Morgan fingerprint density at radius 2 is 1.81 bits per heavy atom. The highest BCUT2D eigenvalue weighted by molar-refractivity contribution is 5.87. The van der Waals surface area contributed by atoms with Crippen LogP contribution in [0.15, 0.2) is 18.5 Å². The van der Waals surface area contributed by atoms with Gasteiger partial charge in [0.15, 0.2) is 5.82 Å². The molecule has 2 N–H and O–H groups in total. The molecule has 0 aromatic carbocycles. The van der Waals surface area contributed by atoms with E-state index in [-0.39, 0.29) is 5.91 Å². The Kier molecular flexibility index (Phi) is 4.48. The lowest BCUT2D eigenvalue weighted by Gasteiger charge is -2.48. The molecule has 4 heterocycles. The number of carbonyl (C=O) groups is 1. The molecular formula is C19H26N6O. The third kappa shape index (κ3) is 2.90. The molecule has 0 aliphatic carbocycles. The van der Waals surface area contributed by atoms with Crippen molar-refractivity contribution in [3.05, 3.63) is 24.2 Å². The molecule has 0 saturated carbocycles. The van der Waals surface area contributed by atoms with Gasteiger partial charge in [-0.3, -0.25) is 9.69 Å². The summed E-state index contributed by atoms with van der Waals surface area (Å²) in [6, 6.07) is 3.94. The highest BCUT2D eigenvalue weighted by atomic mass is 16.1. The summed E-state index contributed by atoms with van der Waals surface area (Å²) in [7, 11) is 0. The first kappa shape index (κ1) is 17.1. The van der Waals surface area contributed by atoms with Crippen LogP contribution in [0.3, 0.4) is 0 Å². The molecule has 2 aliphatic heterocycles. The van der Waals surface area contributed by atoms with Crippen molar-refractivity contribution < 1.29 is 4.79 Å². The molecule has 0 radical (unpaired) electrons. The van der Waals surface area contributed by atoms with Crippen LogP contribution in [0.4, 0.5) is 5.82 Å². The van der Waals surface area contributed by atoms with Crippen LogP contribution in [0, 0.1) is 6.92 Å². The molecule has 0 atom stereocenters. The maximum atomic E-state index is 12.4. The van der Waals surface area contributed by atoms with Crippen LogP contribution in [-0.4, -0.2) is 57.5 Å². The number of nitrogens with zero attached hydrogens (tertiary/aromatic N) is 5. The monoisotopic (exact) mass is 354 g/mol. The van der Waals surface area contributed by atoms with Crippen LogP contribution in [-0.2, 0) is 4.79 Å². The van der Waals surface area contributed by atoms with Gasteiger partial charge >= 0.3 is 0 Å². The number of nitrogens with two attached hydrogens (primary N) is 1. The third-order valence-electron chi connectivity index (χ3n) is 5.91. The van der Waals surface area contributed by atoms with Crippen LogP contribution in [0.25, 0.3) is 11.0 Å². The summed E-state index contributed by atoms with van der Waals surface area (Å²) in [6.07, 6.45) is 6.61. The number of aromatic nitrogens is 3. The Balaban J connectivity index is 1.60. The predicted molar refractivity (Wildman–Crippen MR) is 101 cm³/mol. The van der Waals surface area contributed by atoms with Crippen molar-refractivity contribution in [3.63, 3.8) is 0 Å². The molecule has 4 rings (SSSR count). The minimum atomic E-state index is -0.511. The molecule has 2 saturated heterocycles. The van der Waals surface area contributed by atoms with E-state index in [0.29, 0.717) is 0 Å². The predicted octanol–water partition coefficient (Wildman–Crippen LogP) is 1.64. The number of aryl methyl sites for hydroxylation is 1. The summed E-state index contributed by atoms with van der Waals surface area (Å²) in [6.45, 7) is 5.42. The summed E-state index contributed by atoms with van der Waals surface area (Å²) in [5, 5.41) is 0. The van der Waals surface area contributed by atoms with Crippen LogP contribution in [0.1, 0.15) is 37.8 Å². The lowest BCUT2D eigenvalue weighted by atomic mass is 9.83. The second-order valence-electron chi connectivity index (χ2n) is 7.45. The van der Waals surface area contributed by atoms with Gasteiger partial charge in [0.05, 0.1) is 5.52 Å². The third-order valence-corrected chi connectivity index (χ3v) is 5.91. The van der Waals surface area contributed by atoms with E-state index in [1.807, 2.05) is 19.1 Å². The van der Waals surface area contributed by atoms with E-state index in [2.05, 4.69) is 24.8 Å². The molecular weight excluding hydrogens is 328 g/mol. The standard InChI is InChI=1S/C19H26N6O/c1-14-5-6-15-16(23-14)17(22-13-21-15)24-11-7-19(8-12-24,18(20)26)25-9-3-2-4-10-25/h5-6,13H,2-4,7-12H2,1H3,(H2,20,26). The molecule has 0 bridgehead atoms. The minimum Gasteiger partial charge on any atom is -0.368 e. The second-order valence-corrected chi connectivity index (χ2v) is 7.45. The SMILES string of the molecule is Cc1ccc2ncnc(N3CCC(C(N)=O)(N4CCCCC4)CC3)c2n1. The normalized spacial score (nSPS) is 21.0. The number of piperidine rings is 2. The molecule has 2 fully saturated rings. The van der Waals surface area contributed by atoms with Crippen molar-refractivity contribution in [2.45, 2.75) is 44.6 Å². The number of anilines is 1. The lowest BCUT2D eigenvalue weighted by molar-refractivity contribution is -0.132. The van der Waals surface area contributed by atoms with Gasteiger partial charge in [0.2, 0.25) is 5.91 Å². The Labute approximate surface area is 153 Å². The molecule has 1 amide bonds. The maximum Gasteiger partial charge on any atom is 0.238 e. The van der Waals surface area contributed by atoms with Crippen molar-refractivity contribution in [1.29, 1.82) is 0 Å². The van der Waals surface area contributed by atoms with Crippen molar-refractivity contribution >= 4 is 22.8 Å². The van der Waals surface area contributed by atoms with Gasteiger partial charge in [0.1, 0.15) is 17.4 Å². The number of carbonyl (C=O) groups excluding carboxylic acids is 1. The van der Waals surface area contributed by atoms with Crippen LogP contribution in [0.2, 0.25) is 0 Å². The molecule has 7 heteroatoms. The highest BCUT2D eigenvalue weighted by Crippen LogP contribution is 2.34. The summed E-state index contributed by atoms with van der Waals surface area (Å²) in [5.74, 6) is 0.677. The number of amides is 1. The quantitative estimate of drug-likeness (QED) is 0.901. The van der Waals surface area contributed by atoms with E-state index < -0.39 is 5.54 Å². The first-order valence-corrected chi connectivity index (χ1v) is 9.48. The average Bonchev–Trinajstić information content (AvgIpc) is 2.68. The van der Waals surface area contributed by atoms with Crippen molar-refractivity contribution in [2.75, 3.05) is 31.1 Å². The molecule has 0 unspecified atom stereocenters. The van der Waals surface area contributed by atoms with Gasteiger partial charge in [0.25, 0.3) is 0 Å². The smallest absolute Gasteiger partial charge is 0.238 e. The van der Waals surface area contributed by atoms with Crippen molar-refractivity contribution in [2.24, 2.45) is 5.73 Å². The zero-order chi connectivity index (χ0) is 18.1. The molecule has 138 valence electrons. The largest absolute Gasteiger partial charge is 0.368 e. The summed E-state index contributed by atoms with van der Waals surface area (Å²) in [4.78, 5) is 30.4. The van der Waals surface area contributed by atoms with Gasteiger partial charge in [0, 0.05) is 18.8 Å². The summed E-state index contributed by atoms with van der Waals surface area (Å²) >= 11 is 0. The Hall–Kier alpha value is -2.28. The fourth-order valence-electron chi connectivity index (χ4n) is 4.39. The zero-order valence-corrected chi connectivity index (χ0v) is 15.3. The summed E-state index contributed by atoms with van der Waals surface area (Å²) < 4.78 is 0. The van der Waals surface area contributed by atoms with Gasteiger partial charge in [-0.25, -0.2) is 15.0 Å². The van der Waals surface area contributed by atoms with Gasteiger partial charge in [-0.2, -0.15) is 0 Å². The minimum absolute atomic E-state index is 0.180. The number of primary amides is 1. The number of rotatable bonds is 3. The molecule has 26 heavy (non-hydrogen) atoms. The lowest BCUT2D eigenvalue weighted by Crippen LogP contribution is -2.63. The van der Waals surface area contributed by atoms with Crippen LogP contribution >= 0.6 is 0 Å². The van der Waals surface area contributed by atoms with E-state index in [0.717, 1.165) is 74.4 Å². The molecule has 7 nitrogen and oxygen atoms in total. The maximum absolute atomic E-state index is 12.4. The highest BCUT2D eigenvalue weighted by Gasteiger charge is 2.45. The molecule has 0 spiro atoms. The fourth-order valence-corrected chi connectivity index (χ4v) is 4.39. The molecule has 2 aromatic heterocycles. The number of fused-ring (bicyclic) bond motifs is 1. The van der Waals surface area contributed by atoms with Gasteiger partial charge in [-0.05, 0) is 57.8 Å². The average molecular weight is 354 g/mol. The molecule has 2 aliphatic rings. The van der Waals surface area contributed by atoms with E-state index in [9.17, 15) is 4.79 Å². The Bertz CT molecular complexity index is 809. The topological polar surface area (TPSA) is 88.2 Å². The van der Waals surface area contributed by atoms with E-state index in [1.165, 1.54) is 6.42 Å². The summed E-state index contributed by atoms with van der Waals surface area (Å²) in [5.41, 5.74) is 8.01. The number of pyridine rings is 1. The van der Waals surface area contributed by atoms with Gasteiger partial charge in [-0.15, -0.1) is 0 Å². The van der Waals surface area contributed by atoms with E-state index >= 15 is 0 Å². The zero-order valence-electron chi connectivity index (χ0n) is 15.3. The molecule has 2 aromatic rings. The number of hydrogen-bond acceptors (Lipinski definition) is 6. The first-order valence-electron chi connectivity index (χ1n) is 9.48. The fraction of sp³-hybridized carbons (Fsp3) is 0.579. The first-order chi connectivity index (χ1) is 12.6. The Morgan fingerprint density at radius 3 is 2.50 bits per heavy atom. The van der Waals surface area contributed by atoms with Crippen molar-refractivity contribution in [3.8, 4) is 0 Å². The number of likely N-dealkylation sites (tertiary alicyclic amines) is 1. The van der Waals surface area contributed by atoms with Crippen LogP contribution < -0.4 is 10.6 Å². The van der Waals surface area contributed by atoms with Gasteiger partial charge in [-0.1, -0.05) is 6.42 Å². The van der Waals surface area contributed by atoms with Crippen molar-refractivity contribution in [1.82, 2.24) is 19.9 Å². The Morgan fingerprint density at radius 1 is 1.08 bits per heavy atom. The number of hydrogen-bond donors (Lipinski definition) is 1. The second kappa shape index (κ2) is 6.79. The van der Waals surface area contributed by atoms with E-state index in [1.54, 1.807) is 6.33 Å². The van der Waals surface area contributed by atoms with Gasteiger partial charge < -0.3 is 10.6 Å².